The number of ether oxygens (including phenoxy) is 1. The fraction of sp³-hybridized carbons (Fsp3) is 0.209. The highest BCUT2D eigenvalue weighted by atomic mass is 79.9. The van der Waals surface area contributed by atoms with Crippen LogP contribution in [-0.4, -0.2) is 40.9 Å². The number of halogens is 3. The molecular formula is C43H32BrCl2N3O6. The molecule has 12 heteroatoms. The average molecular weight is 838 g/mol. The number of nitrogens with zero attached hydrogens (tertiary/aromatic N) is 2. The van der Waals surface area contributed by atoms with Crippen LogP contribution in [0.2, 0.25) is 10.0 Å². The van der Waals surface area contributed by atoms with Crippen LogP contribution in [0.15, 0.2) is 119 Å². The van der Waals surface area contributed by atoms with E-state index >= 15 is 9.59 Å². The molecule has 9 nitrogen and oxygen atoms in total. The number of hydrogen-bond acceptors (Lipinski definition) is 7. The zero-order valence-electron chi connectivity index (χ0n) is 29.2. The van der Waals surface area contributed by atoms with Crippen molar-refractivity contribution >= 4 is 84.9 Å². The van der Waals surface area contributed by atoms with Crippen molar-refractivity contribution in [1.82, 2.24) is 5.01 Å². The van der Waals surface area contributed by atoms with Crippen molar-refractivity contribution in [2.24, 2.45) is 23.7 Å². The van der Waals surface area contributed by atoms with Gasteiger partial charge in [0.05, 0.1) is 46.7 Å². The largest absolute Gasteiger partial charge is 0.507 e. The predicted molar refractivity (Wildman–Crippen MR) is 213 cm³/mol. The van der Waals surface area contributed by atoms with Crippen molar-refractivity contribution in [3.8, 4) is 11.5 Å². The average Bonchev–Trinajstić information content (AvgIpc) is 3.57. The van der Waals surface area contributed by atoms with E-state index in [9.17, 15) is 14.7 Å². The Morgan fingerprint density at radius 3 is 2.27 bits per heavy atom. The number of hydrogen-bond donors (Lipinski definition) is 2. The molecule has 4 amide bonds. The molecule has 0 unspecified atom stereocenters. The maximum Gasteiger partial charge on any atom is 0.260 e. The second kappa shape index (κ2) is 13.3. The number of benzene rings is 5. The highest BCUT2D eigenvalue weighted by molar-refractivity contribution is 9.10. The summed E-state index contributed by atoms with van der Waals surface area (Å²) in [5.74, 6) is -4.78. The van der Waals surface area contributed by atoms with Gasteiger partial charge in [0, 0.05) is 20.8 Å². The van der Waals surface area contributed by atoms with Gasteiger partial charge in [0.25, 0.3) is 11.8 Å². The zero-order chi connectivity index (χ0) is 38.3. The lowest BCUT2D eigenvalue weighted by molar-refractivity contribution is -0.138. The van der Waals surface area contributed by atoms with E-state index in [2.05, 4.69) is 21.4 Å². The number of carbonyl (C=O) groups is 4. The standard InChI is InChI=1S/C43H32BrCl2N3O6/c1-55-26-13-6-22(7-14-26)43-33(40(52)49(42(43)54)47-35-18-10-24(45)20-34(35)46)21-32-30(38(43)29-17-19-36(50)28-5-3-2-4-27(28)29)15-16-31-37(32)41(53)48(39(31)51)25-11-8-23(44)9-12-25/h2-15,17-20,31-33,37-38,47,50H,16,21H2,1H3/t31-,32+,33-,37-,38-,43+/m0/s1. The summed E-state index contributed by atoms with van der Waals surface area (Å²) < 4.78 is 6.32. The summed E-state index contributed by atoms with van der Waals surface area (Å²) in [6.07, 6.45) is 2.41. The van der Waals surface area contributed by atoms with Gasteiger partial charge in [0.1, 0.15) is 11.5 Å². The molecule has 6 atom stereocenters. The lowest BCUT2D eigenvalue weighted by atomic mass is 9.49. The number of fused-ring (bicyclic) bond motifs is 5. The molecule has 0 bridgehead atoms. The topological polar surface area (TPSA) is 116 Å². The van der Waals surface area contributed by atoms with Gasteiger partial charge in [0.15, 0.2) is 0 Å². The second-order valence-corrected chi connectivity index (χ2v) is 16.2. The highest BCUT2D eigenvalue weighted by Crippen LogP contribution is 2.65. The van der Waals surface area contributed by atoms with Gasteiger partial charge in [-0.1, -0.05) is 93.2 Å². The van der Waals surface area contributed by atoms with Gasteiger partial charge in [0.2, 0.25) is 11.8 Å². The van der Waals surface area contributed by atoms with Crippen LogP contribution < -0.4 is 15.1 Å². The molecular weight excluding hydrogens is 805 g/mol. The van der Waals surface area contributed by atoms with Crippen molar-refractivity contribution < 1.29 is 29.0 Å². The Morgan fingerprint density at radius 2 is 1.56 bits per heavy atom. The highest BCUT2D eigenvalue weighted by Gasteiger charge is 2.70. The maximum atomic E-state index is 15.6. The number of imide groups is 2. The summed E-state index contributed by atoms with van der Waals surface area (Å²) >= 11 is 16.2. The lowest BCUT2D eigenvalue weighted by Gasteiger charge is -2.51. The van der Waals surface area contributed by atoms with E-state index in [0.29, 0.717) is 44.0 Å². The third kappa shape index (κ3) is 5.25. The summed E-state index contributed by atoms with van der Waals surface area (Å²) in [7, 11) is 1.55. The molecule has 5 aromatic rings. The number of carbonyl (C=O) groups excluding carboxylic acids is 4. The van der Waals surface area contributed by atoms with Gasteiger partial charge in [-0.2, -0.15) is 5.01 Å². The monoisotopic (exact) mass is 835 g/mol. The van der Waals surface area contributed by atoms with E-state index in [1.54, 1.807) is 67.8 Å². The number of anilines is 2. The van der Waals surface area contributed by atoms with Crippen LogP contribution in [0.3, 0.4) is 0 Å². The first-order valence-corrected chi connectivity index (χ1v) is 19.4. The number of hydrazine groups is 1. The summed E-state index contributed by atoms with van der Waals surface area (Å²) in [5, 5.41) is 14.0. The molecule has 2 heterocycles. The van der Waals surface area contributed by atoms with Crippen LogP contribution in [-0.2, 0) is 24.6 Å². The normalized spacial score (nSPS) is 25.8. The molecule has 2 saturated heterocycles. The minimum atomic E-state index is -1.54. The number of nitrogens with one attached hydrogen (secondary N) is 1. The van der Waals surface area contributed by atoms with Gasteiger partial charge in [-0.15, -0.1) is 0 Å². The molecule has 4 aliphatic rings. The van der Waals surface area contributed by atoms with Crippen LogP contribution in [0, 0.1) is 23.7 Å². The van der Waals surface area contributed by atoms with Crippen molar-refractivity contribution in [3.63, 3.8) is 0 Å². The smallest absolute Gasteiger partial charge is 0.260 e. The first kappa shape index (κ1) is 35.5. The molecule has 55 heavy (non-hydrogen) atoms. The van der Waals surface area contributed by atoms with Crippen molar-refractivity contribution in [2.75, 3.05) is 17.4 Å². The van der Waals surface area contributed by atoms with Crippen LogP contribution in [0.1, 0.15) is 29.9 Å². The Bertz CT molecular complexity index is 2490. The van der Waals surface area contributed by atoms with Gasteiger partial charge >= 0.3 is 0 Å². The number of allylic oxidation sites excluding steroid dienone is 2. The predicted octanol–water partition coefficient (Wildman–Crippen LogP) is 8.81. The molecule has 2 N–H and O–H groups in total. The van der Waals surface area contributed by atoms with Crippen LogP contribution in [0.5, 0.6) is 11.5 Å². The Labute approximate surface area is 334 Å². The number of rotatable bonds is 6. The molecule has 0 spiro atoms. The Hall–Kier alpha value is -5.16. The van der Waals surface area contributed by atoms with E-state index in [1.807, 2.05) is 42.5 Å². The lowest BCUT2D eigenvalue weighted by Crippen LogP contribution is -2.53. The minimum absolute atomic E-state index is 0.0654. The Morgan fingerprint density at radius 1 is 0.836 bits per heavy atom. The summed E-state index contributed by atoms with van der Waals surface area (Å²) in [5.41, 5.74) is 4.36. The number of aromatic hydroxyl groups is 1. The molecule has 2 aliphatic heterocycles. The SMILES string of the molecule is COc1ccc([C@@]23C(=O)N(Nc4ccc(Cl)cc4Cl)C(=O)[C@@H]2C[C@@H]2C(=CC[C@@H]4C(=O)N(c5ccc(Br)cc5)C(=O)[C@@H]42)[C@@H]3c2ccc(O)c3ccccc23)cc1. The summed E-state index contributed by atoms with van der Waals surface area (Å²) in [6.45, 7) is 0. The fourth-order valence-electron chi connectivity index (χ4n) is 9.59. The van der Waals surface area contributed by atoms with Gasteiger partial charge in [-0.3, -0.25) is 29.5 Å². The van der Waals surface area contributed by atoms with E-state index in [4.69, 9.17) is 27.9 Å². The number of amides is 4. The number of phenolic OH excluding ortho intramolecular Hbond substituents is 1. The molecule has 3 fully saturated rings. The van der Waals surface area contributed by atoms with Gasteiger partial charge < -0.3 is 9.84 Å². The van der Waals surface area contributed by atoms with E-state index in [0.717, 1.165) is 15.1 Å². The van der Waals surface area contributed by atoms with Gasteiger partial charge in [-0.25, -0.2) is 0 Å². The first-order valence-electron chi connectivity index (χ1n) is 17.8. The zero-order valence-corrected chi connectivity index (χ0v) is 32.3. The maximum absolute atomic E-state index is 15.6. The third-order valence-corrected chi connectivity index (χ3v) is 13.0. The van der Waals surface area contributed by atoms with Crippen molar-refractivity contribution in [3.05, 3.63) is 140 Å². The molecule has 2 aliphatic carbocycles. The van der Waals surface area contributed by atoms with Crippen LogP contribution in [0.4, 0.5) is 11.4 Å². The third-order valence-electron chi connectivity index (χ3n) is 11.9. The summed E-state index contributed by atoms with van der Waals surface area (Å²) in [4.78, 5) is 60.7. The van der Waals surface area contributed by atoms with E-state index < -0.39 is 46.8 Å². The van der Waals surface area contributed by atoms with Crippen molar-refractivity contribution in [1.29, 1.82) is 0 Å². The second-order valence-electron chi connectivity index (χ2n) is 14.4. The van der Waals surface area contributed by atoms with Crippen molar-refractivity contribution in [2.45, 2.75) is 24.2 Å². The Kier molecular flexibility index (Phi) is 8.56. The van der Waals surface area contributed by atoms with E-state index in [-0.39, 0.29) is 35.4 Å². The summed E-state index contributed by atoms with van der Waals surface area (Å²) in [6, 6.07) is 29.7. The number of methoxy groups -OCH3 is 1. The minimum Gasteiger partial charge on any atom is -0.507 e. The molecule has 0 radical (unpaired) electrons. The van der Waals surface area contributed by atoms with Crippen LogP contribution >= 0.6 is 39.1 Å². The molecule has 0 aromatic heterocycles. The van der Waals surface area contributed by atoms with Gasteiger partial charge in [-0.05, 0) is 95.9 Å². The first-order chi connectivity index (χ1) is 26.5. The number of phenols is 1. The fourth-order valence-corrected chi connectivity index (χ4v) is 10.3. The van der Waals surface area contributed by atoms with E-state index in [1.165, 1.54) is 11.0 Å². The quantitative estimate of drug-likeness (QED) is 0.130. The molecule has 9 rings (SSSR count). The Balaban J connectivity index is 1.28. The van der Waals surface area contributed by atoms with Crippen LogP contribution in [0.25, 0.3) is 10.8 Å². The molecule has 1 saturated carbocycles. The molecule has 276 valence electrons. The molecule has 5 aromatic carbocycles.